The number of thiophene rings is 1. The van der Waals surface area contributed by atoms with Crippen LogP contribution in [0.1, 0.15) is 70.2 Å². The first-order valence-electron chi connectivity index (χ1n) is 12.0. The van der Waals surface area contributed by atoms with Crippen molar-refractivity contribution >= 4 is 39.1 Å². The molecule has 0 spiro atoms. The van der Waals surface area contributed by atoms with Gasteiger partial charge in [0.1, 0.15) is 11.1 Å². The van der Waals surface area contributed by atoms with E-state index >= 15 is 0 Å². The number of aryl methyl sites for hydroxylation is 2. The van der Waals surface area contributed by atoms with Crippen LogP contribution in [0.25, 0.3) is 10.9 Å². The molecule has 0 saturated carbocycles. The van der Waals surface area contributed by atoms with E-state index in [9.17, 15) is 14.9 Å². The number of nitriles is 1. The Morgan fingerprint density at radius 2 is 2.00 bits per heavy atom. The molecule has 0 bridgehead atoms. The van der Waals surface area contributed by atoms with Gasteiger partial charge in [0.05, 0.1) is 16.6 Å². The lowest BCUT2D eigenvalue weighted by Crippen LogP contribution is -2.23. The first kappa shape index (κ1) is 22.5. The minimum atomic E-state index is -0.499. The van der Waals surface area contributed by atoms with Gasteiger partial charge in [0.2, 0.25) is 0 Å². The van der Waals surface area contributed by atoms with E-state index in [1.165, 1.54) is 16.2 Å². The molecule has 1 N–H and O–H groups in total. The summed E-state index contributed by atoms with van der Waals surface area (Å²) in [5.41, 5.74) is 4.82. The van der Waals surface area contributed by atoms with Gasteiger partial charge >= 0.3 is 5.97 Å². The van der Waals surface area contributed by atoms with Crippen LogP contribution in [0.15, 0.2) is 24.3 Å². The largest absolute Gasteiger partial charge is 0.452 e. The number of nitrogens with one attached hydrogen (secondary N) is 1. The molecule has 34 heavy (non-hydrogen) atoms. The van der Waals surface area contributed by atoms with E-state index in [0.29, 0.717) is 22.0 Å². The highest BCUT2D eigenvalue weighted by Gasteiger charge is 2.27. The van der Waals surface area contributed by atoms with Gasteiger partial charge in [-0.2, -0.15) is 5.26 Å². The molecule has 2 aliphatic carbocycles. The molecule has 3 aromatic rings. The Balaban J connectivity index is 1.35. The van der Waals surface area contributed by atoms with E-state index in [-0.39, 0.29) is 0 Å². The molecule has 5 rings (SSSR count). The number of fused-ring (bicyclic) bond motifs is 3. The molecule has 7 heteroatoms. The van der Waals surface area contributed by atoms with Gasteiger partial charge in [-0.05, 0) is 68.1 Å². The maximum atomic E-state index is 13.2. The van der Waals surface area contributed by atoms with Crippen molar-refractivity contribution in [2.75, 3.05) is 11.9 Å². The van der Waals surface area contributed by atoms with Crippen molar-refractivity contribution in [2.24, 2.45) is 5.92 Å². The number of hydrogen-bond donors (Lipinski definition) is 1. The maximum Gasteiger partial charge on any atom is 0.339 e. The zero-order chi connectivity index (χ0) is 23.7. The Hall–Kier alpha value is -3.24. The topological polar surface area (TPSA) is 92.1 Å². The second-order valence-corrected chi connectivity index (χ2v) is 10.4. The molecular weight excluding hydrogens is 446 g/mol. The van der Waals surface area contributed by atoms with Gasteiger partial charge in [-0.1, -0.05) is 31.5 Å². The van der Waals surface area contributed by atoms with Crippen LogP contribution in [-0.4, -0.2) is 23.5 Å². The number of rotatable bonds is 4. The fourth-order valence-electron chi connectivity index (χ4n) is 5.11. The summed E-state index contributed by atoms with van der Waals surface area (Å²) in [7, 11) is 0. The van der Waals surface area contributed by atoms with Gasteiger partial charge in [-0.3, -0.25) is 9.78 Å². The monoisotopic (exact) mass is 473 g/mol. The van der Waals surface area contributed by atoms with Gasteiger partial charge in [-0.15, -0.1) is 11.3 Å². The standard InChI is InChI=1S/C27H27N3O3S/c1-16-11-12-22-19(13-16)25(18-8-5-6-9-21(18)29-22)27(32)33-15-24(31)30-26-20(14-28)17-7-3-2-4-10-23(17)34-26/h5-6,8-9,16H,2-4,7,10-13,15H2,1H3,(H,30,31). The molecule has 6 nitrogen and oxygen atoms in total. The minimum absolute atomic E-state index is 0.396. The Kier molecular flexibility index (Phi) is 6.34. The van der Waals surface area contributed by atoms with Crippen molar-refractivity contribution in [2.45, 2.75) is 58.3 Å². The van der Waals surface area contributed by atoms with Crippen LogP contribution in [0.4, 0.5) is 5.00 Å². The van der Waals surface area contributed by atoms with Gasteiger partial charge in [0.25, 0.3) is 5.91 Å². The third kappa shape index (κ3) is 4.30. The highest BCUT2D eigenvalue weighted by atomic mass is 32.1. The average Bonchev–Trinajstić information content (AvgIpc) is 2.99. The van der Waals surface area contributed by atoms with Crippen LogP contribution in [0.5, 0.6) is 0 Å². The van der Waals surface area contributed by atoms with Gasteiger partial charge in [0, 0.05) is 16.0 Å². The van der Waals surface area contributed by atoms with Gasteiger partial charge < -0.3 is 10.1 Å². The number of benzene rings is 1. The predicted molar refractivity (Wildman–Crippen MR) is 132 cm³/mol. The summed E-state index contributed by atoms with van der Waals surface area (Å²) in [6, 6.07) is 9.85. The molecule has 2 aliphatic rings. The van der Waals surface area contributed by atoms with Crippen molar-refractivity contribution in [1.82, 2.24) is 4.98 Å². The van der Waals surface area contributed by atoms with Crippen LogP contribution in [0.3, 0.4) is 0 Å². The molecule has 2 aromatic heterocycles. The number of nitrogens with zero attached hydrogens (tertiary/aromatic N) is 2. The lowest BCUT2D eigenvalue weighted by Gasteiger charge is -2.24. The molecule has 1 aromatic carbocycles. The van der Waals surface area contributed by atoms with Crippen molar-refractivity contribution in [3.8, 4) is 6.07 Å². The highest BCUT2D eigenvalue weighted by molar-refractivity contribution is 7.16. The number of aromatic nitrogens is 1. The third-order valence-electron chi connectivity index (χ3n) is 6.83. The smallest absolute Gasteiger partial charge is 0.339 e. The van der Waals surface area contributed by atoms with E-state index in [0.717, 1.165) is 79.1 Å². The summed E-state index contributed by atoms with van der Waals surface area (Å²) in [6.45, 7) is 1.78. The Morgan fingerprint density at radius 1 is 1.18 bits per heavy atom. The van der Waals surface area contributed by atoms with Crippen LogP contribution in [0, 0.1) is 17.2 Å². The van der Waals surface area contributed by atoms with Crippen LogP contribution >= 0.6 is 11.3 Å². The fourth-order valence-corrected chi connectivity index (χ4v) is 6.37. The zero-order valence-corrected chi connectivity index (χ0v) is 20.1. The molecule has 1 atom stereocenters. The van der Waals surface area contributed by atoms with Gasteiger partial charge in [-0.25, -0.2) is 4.79 Å². The van der Waals surface area contributed by atoms with Gasteiger partial charge in [0.15, 0.2) is 6.61 Å². The normalized spacial score (nSPS) is 17.2. The molecule has 1 amide bonds. The lowest BCUT2D eigenvalue weighted by atomic mass is 9.84. The first-order chi connectivity index (χ1) is 16.5. The number of pyridine rings is 1. The van der Waals surface area contributed by atoms with Crippen LogP contribution in [-0.2, 0) is 35.2 Å². The van der Waals surface area contributed by atoms with Crippen molar-refractivity contribution in [1.29, 1.82) is 5.26 Å². The highest BCUT2D eigenvalue weighted by Crippen LogP contribution is 2.37. The van der Waals surface area contributed by atoms with Crippen molar-refractivity contribution in [3.63, 3.8) is 0 Å². The molecule has 0 radical (unpaired) electrons. The maximum absolute atomic E-state index is 13.2. The van der Waals surface area contributed by atoms with E-state index in [1.54, 1.807) is 0 Å². The second kappa shape index (κ2) is 9.55. The minimum Gasteiger partial charge on any atom is -0.452 e. The molecule has 2 heterocycles. The van der Waals surface area contributed by atoms with E-state index < -0.39 is 18.5 Å². The van der Waals surface area contributed by atoms with E-state index in [1.807, 2.05) is 24.3 Å². The SMILES string of the molecule is CC1CCc2nc3ccccc3c(C(=O)OCC(=O)Nc3sc4c(c3C#N)CCCCC4)c2C1. The Morgan fingerprint density at radius 3 is 2.85 bits per heavy atom. The summed E-state index contributed by atoms with van der Waals surface area (Å²) in [6.07, 6.45) is 7.80. The van der Waals surface area contributed by atoms with E-state index in [2.05, 4.69) is 18.3 Å². The molecule has 0 aliphatic heterocycles. The molecule has 0 saturated heterocycles. The number of ether oxygens (including phenoxy) is 1. The fraction of sp³-hybridized carbons (Fsp3) is 0.407. The predicted octanol–water partition coefficient (Wildman–Crippen LogP) is 5.36. The summed E-state index contributed by atoms with van der Waals surface area (Å²) in [5, 5.41) is 13.8. The number of amides is 1. The molecule has 1 unspecified atom stereocenters. The third-order valence-corrected chi connectivity index (χ3v) is 8.04. The second-order valence-electron chi connectivity index (χ2n) is 9.28. The molecular formula is C27H27N3O3S. The number of esters is 1. The average molecular weight is 474 g/mol. The number of para-hydroxylation sites is 1. The quantitative estimate of drug-likeness (QED) is 0.407. The molecule has 174 valence electrons. The summed E-state index contributed by atoms with van der Waals surface area (Å²) in [5.74, 6) is -0.466. The lowest BCUT2D eigenvalue weighted by molar-refractivity contribution is -0.119. The zero-order valence-electron chi connectivity index (χ0n) is 19.3. The molecule has 0 fully saturated rings. The Bertz CT molecular complexity index is 1320. The summed E-state index contributed by atoms with van der Waals surface area (Å²) in [4.78, 5) is 31.9. The summed E-state index contributed by atoms with van der Waals surface area (Å²) < 4.78 is 5.51. The Labute approximate surface area is 203 Å². The van der Waals surface area contributed by atoms with Crippen LogP contribution in [0.2, 0.25) is 0 Å². The first-order valence-corrected chi connectivity index (χ1v) is 12.8. The number of anilines is 1. The van der Waals surface area contributed by atoms with Crippen LogP contribution < -0.4 is 5.32 Å². The number of carbonyl (C=O) groups is 2. The summed E-state index contributed by atoms with van der Waals surface area (Å²) >= 11 is 1.48. The van der Waals surface area contributed by atoms with E-state index in [4.69, 9.17) is 9.72 Å². The number of carbonyl (C=O) groups excluding carboxylic acids is 2. The number of hydrogen-bond acceptors (Lipinski definition) is 6. The van der Waals surface area contributed by atoms with Crippen molar-refractivity contribution < 1.29 is 14.3 Å². The van der Waals surface area contributed by atoms with Crippen molar-refractivity contribution in [3.05, 3.63) is 57.1 Å².